The average Bonchev–Trinajstić information content (AvgIpc) is 2.56. The second-order valence-corrected chi connectivity index (χ2v) is 5.05. The zero-order valence-corrected chi connectivity index (χ0v) is 12.7. The summed E-state index contributed by atoms with van der Waals surface area (Å²) in [4.78, 5) is 24.2. The number of hydrogen-bond acceptors (Lipinski definition) is 3. The summed E-state index contributed by atoms with van der Waals surface area (Å²) in [5.41, 5.74) is 2.60. The number of aryl methyl sites for hydroxylation is 1. The van der Waals surface area contributed by atoms with E-state index in [0.717, 1.165) is 11.1 Å². The van der Waals surface area contributed by atoms with Crippen LogP contribution in [-0.4, -0.2) is 25.0 Å². The van der Waals surface area contributed by atoms with Crippen molar-refractivity contribution >= 4 is 11.9 Å². The van der Waals surface area contributed by atoms with Crippen molar-refractivity contribution in [3.05, 3.63) is 71.3 Å². The molecule has 0 bridgehead atoms. The lowest BCUT2D eigenvalue weighted by molar-refractivity contribution is -0.142. The van der Waals surface area contributed by atoms with E-state index in [9.17, 15) is 9.59 Å². The first-order valence-corrected chi connectivity index (χ1v) is 7.10. The van der Waals surface area contributed by atoms with Crippen molar-refractivity contribution in [3.63, 3.8) is 0 Å². The van der Waals surface area contributed by atoms with Crippen LogP contribution < -0.4 is 5.32 Å². The highest BCUT2D eigenvalue weighted by Crippen LogP contribution is 2.11. The highest BCUT2D eigenvalue weighted by atomic mass is 16.5. The van der Waals surface area contributed by atoms with Gasteiger partial charge in [-0.05, 0) is 30.2 Å². The van der Waals surface area contributed by atoms with Crippen LogP contribution in [0.1, 0.15) is 21.5 Å². The Kier molecular flexibility index (Phi) is 5.31. The lowest BCUT2D eigenvalue weighted by atomic mass is 10.0. The highest BCUT2D eigenvalue weighted by Gasteiger charge is 2.23. The molecule has 1 N–H and O–H groups in total. The molecular weight excluding hydrogens is 278 g/mol. The third kappa shape index (κ3) is 3.95. The molecule has 1 atom stereocenters. The Bertz CT molecular complexity index is 652. The molecule has 0 radical (unpaired) electrons. The molecule has 1 amide bonds. The molecule has 0 saturated heterocycles. The van der Waals surface area contributed by atoms with Gasteiger partial charge in [0.2, 0.25) is 0 Å². The van der Waals surface area contributed by atoms with Gasteiger partial charge in [0.25, 0.3) is 5.91 Å². The van der Waals surface area contributed by atoms with Gasteiger partial charge in [0, 0.05) is 12.0 Å². The van der Waals surface area contributed by atoms with Crippen LogP contribution >= 0.6 is 0 Å². The number of carbonyl (C=O) groups is 2. The second-order valence-electron chi connectivity index (χ2n) is 5.05. The van der Waals surface area contributed by atoms with Gasteiger partial charge >= 0.3 is 5.97 Å². The van der Waals surface area contributed by atoms with E-state index < -0.39 is 12.0 Å². The second kappa shape index (κ2) is 7.41. The van der Waals surface area contributed by atoms with E-state index in [4.69, 9.17) is 4.74 Å². The molecule has 2 rings (SSSR count). The van der Waals surface area contributed by atoms with Crippen molar-refractivity contribution in [2.45, 2.75) is 19.4 Å². The van der Waals surface area contributed by atoms with Gasteiger partial charge in [0.15, 0.2) is 0 Å². The van der Waals surface area contributed by atoms with Crippen LogP contribution in [0.25, 0.3) is 0 Å². The van der Waals surface area contributed by atoms with Crippen LogP contribution in [0.4, 0.5) is 0 Å². The van der Waals surface area contributed by atoms with Gasteiger partial charge in [0.1, 0.15) is 6.04 Å². The number of methoxy groups -OCH3 is 1. The fourth-order valence-corrected chi connectivity index (χ4v) is 2.23. The van der Waals surface area contributed by atoms with Gasteiger partial charge in [-0.15, -0.1) is 0 Å². The molecular formula is C18H19NO3. The number of esters is 1. The summed E-state index contributed by atoms with van der Waals surface area (Å²) in [6.07, 6.45) is 0.401. The molecule has 2 aromatic carbocycles. The number of ether oxygens (including phenoxy) is 1. The summed E-state index contributed by atoms with van der Waals surface area (Å²) >= 11 is 0. The van der Waals surface area contributed by atoms with Crippen LogP contribution in [0.5, 0.6) is 0 Å². The smallest absolute Gasteiger partial charge is 0.328 e. The SMILES string of the molecule is COC(=O)[C@@H](Cc1ccccc1C)NC(=O)c1ccccc1. The maximum atomic E-state index is 12.2. The molecule has 0 heterocycles. The topological polar surface area (TPSA) is 55.4 Å². The Morgan fingerprint density at radius 1 is 1.05 bits per heavy atom. The predicted octanol–water partition coefficient (Wildman–Crippen LogP) is 2.51. The quantitative estimate of drug-likeness (QED) is 0.863. The summed E-state index contributed by atoms with van der Waals surface area (Å²) in [7, 11) is 1.32. The minimum atomic E-state index is -0.709. The van der Waals surface area contributed by atoms with E-state index >= 15 is 0 Å². The van der Waals surface area contributed by atoms with Crippen LogP contribution in [-0.2, 0) is 16.0 Å². The van der Waals surface area contributed by atoms with Crippen molar-refractivity contribution < 1.29 is 14.3 Å². The molecule has 2 aromatic rings. The Morgan fingerprint density at radius 3 is 2.32 bits per heavy atom. The molecule has 22 heavy (non-hydrogen) atoms. The van der Waals surface area contributed by atoms with Crippen molar-refractivity contribution in [1.29, 1.82) is 0 Å². The van der Waals surface area contributed by atoms with Crippen molar-refractivity contribution in [1.82, 2.24) is 5.32 Å². The predicted molar refractivity (Wildman–Crippen MR) is 84.6 cm³/mol. The number of carbonyl (C=O) groups excluding carboxylic acids is 2. The largest absolute Gasteiger partial charge is 0.467 e. The fraction of sp³-hybridized carbons (Fsp3) is 0.222. The molecule has 0 saturated carbocycles. The number of amides is 1. The van der Waals surface area contributed by atoms with E-state index in [0.29, 0.717) is 12.0 Å². The minimum absolute atomic E-state index is 0.287. The van der Waals surface area contributed by atoms with Gasteiger partial charge in [-0.25, -0.2) is 4.79 Å². The zero-order chi connectivity index (χ0) is 15.9. The summed E-state index contributed by atoms with van der Waals surface area (Å²) < 4.78 is 4.81. The molecule has 0 aliphatic carbocycles. The lowest BCUT2D eigenvalue weighted by Gasteiger charge is -2.17. The molecule has 0 fully saturated rings. The van der Waals surface area contributed by atoms with Crippen LogP contribution in [0.2, 0.25) is 0 Å². The maximum absolute atomic E-state index is 12.2. The molecule has 0 aliphatic rings. The molecule has 0 unspecified atom stereocenters. The van der Waals surface area contributed by atoms with Crippen LogP contribution in [0.15, 0.2) is 54.6 Å². The first-order valence-electron chi connectivity index (χ1n) is 7.10. The zero-order valence-electron chi connectivity index (χ0n) is 12.7. The van der Waals surface area contributed by atoms with Crippen LogP contribution in [0.3, 0.4) is 0 Å². The van der Waals surface area contributed by atoms with Gasteiger partial charge in [-0.3, -0.25) is 4.79 Å². The van der Waals surface area contributed by atoms with E-state index in [1.807, 2.05) is 37.3 Å². The number of nitrogens with one attached hydrogen (secondary N) is 1. The molecule has 4 heteroatoms. The third-order valence-electron chi connectivity index (χ3n) is 3.51. The van der Waals surface area contributed by atoms with Crippen molar-refractivity contribution in [2.24, 2.45) is 0 Å². The first kappa shape index (κ1) is 15.8. The lowest BCUT2D eigenvalue weighted by Crippen LogP contribution is -2.43. The minimum Gasteiger partial charge on any atom is -0.467 e. The monoisotopic (exact) mass is 297 g/mol. The third-order valence-corrected chi connectivity index (χ3v) is 3.51. The van der Waals surface area contributed by atoms with E-state index in [1.165, 1.54) is 7.11 Å². The van der Waals surface area contributed by atoms with E-state index in [1.54, 1.807) is 24.3 Å². The number of hydrogen-bond donors (Lipinski definition) is 1. The molecule has 0 aliphatic heterocycles. The van der Waals surface area contributed by atoms with E-state index in [2.05, 4.69) is 5.32 Å². The Labute approximate surface area is 130 Å². The molecule has 0 aromatic heterocycles. The number of rotatable bonds is 5. The molecule has 114 valence electrons. The summed E-state index contributed by atoms with van der Waals surface area (Å²) in [6.45, 7) is 1.97. The van der Waals surface area contributed by atoms with Crippen molar-refractivity contribution in [2.75, 3.05) is 7.11 Å². The van der Waals surface area contributed by atoms with E-state index in [-0.39, 0.29) is 5.91 Å². The Morgan fingerprint density at radius 2 is 1.68 bits per heavy atom. The Balaban J connectivity index is 2.15. The van der Waals surface area contributed by atoms with Gasteiger partial charge < -0.3 is 10.1 Å². The van der Waals surface area contributed by atoms with Gasteiger partial charge in [-0.2, -0.15) is 0 Å². The average molecular weight is 297 g/mol. The summed E-state index contributed by atoms with van der Waals surface area (Å²) in [6, 6.07) is 15.9. The Hall–Kier alpha value is -2.62. The van der Waals surface area contributed by atoms with Gasteiger partial charge in [0.05, 0.1) is 7.11 Å². The first-order chi connectivity index (χ1) is 10.6. The summed E-state index contributed by atoms with van der Waals surface area (Å²) in [5, 5.41) is 2.75. The van der Waals surface area contributed by atoms with Gasteiger partial charge in [-0.1, -0.05) is 42.5 Å². The van der Waals surface area contributed by atoms with Crippen LogP contribution in [0, 0.1) is 6.92 Å². The normalized spacial score (nSPS) is 11.5. The standard InChI is InChI=1S/C18H19NO3/c1-13-8-6-7-11-15(13)12-16(18(21)22-2)19-17(20)14-9-4-3-5-10-14/h3-11,16H,12H2,1-2H3,(H,19,20)/t16-/m1/s1. The molecule has 0 spiro atoms. The summed E-state index contributed by atoms with van der Waals surface area (Å²) in [5.74, 6) is -0.739. The number of benzene rings is 2. The maximum Gasteiger partial charge on any atom is 0.328 e. The van der Waals surface area contributed by atoms with Crippen molar-refractivity contribution in [3.8, 4) is 0 Å². The highest BCUT2D eigenvalue weighted by molar-refractivity contribution is 5.96. The molecule has 4 nitrogen and oxygen atoms in total. The fourth-order valence-electron chi connectivity index (χ4n) is 2.23.